The van der Waals surface area contributed by atoms with Crippen LogP contribution in [0.15, 0.2) is 0 Å². The summed E-state index contributed by atoms with van der Waals surface area (Å²) in [6, 6.07) is 0. The van der Waals surface area contributed by atoms with E-state index in [1.165, 1.54) is 0 Å². The second-order valence-corrected chi connectivity index (χ2v) is 3.39. The van der Waals surface area contributed by atoms with Gasteiger partial charge in [0.1, 0.15) is 17.5 Å². The summed E-state index contributed by atoms with van der Waals surface area (Å²) in [5, 5.41) is 4.89. The lowest BCUT2D eigenvalue weighted by molar-refractivity contribution is -0.115. The molecule has 0 amide bonds. The molecule has 0 saturated heterocycles. The van der Waals surface area contributed by atoms with E-state index in [1.807, 2.05) is 13.8 Å². The lowest BCUT2D eigenvalue weighted by Crippen LogP contribution is -2.22. The summed E-state index contributed by atoms with van der Waals surface area (Å²) in [5.41, 5.74) is 0.585. The number of hydrogen-bond acceptors (Lipinski definition) is 4. The van der Waals surface area contributed by atoms with Crippen molar-refractivity contribution < 1.29 is 13.2 Å². The fraction of sp³-hybridized carbons (Fsp3) is 0.600. The molecule has 0 radical (unpaired) electrons. The van der Waals surface area contributed by atoms with Crippen molar-refractivity contribution in [3.63, 3.8) is 0 Å². The molecule has 0 fully saturated rings. The summed E-state index contributed by atoms with van der Waals surface area (Å²) in [7, 11) is 1.60. The van der Waals surface area contributed by atoms with Crippen LogP contribution in [0.5, 0.6) is 0 Å². The number of nitrogens with zero attached hydrogens (tertiary/aromatic N) is 2. The third-order valence-corrected chi connectivity index (χ3v) is 2.14. The first kappa shape index (κ1) is 16.8. The quantitative estimate of drug-likeness (QED) is 0.835. The first-order valence-corrected chi connectivity index (χ1v) is 5.74. The Hall–Kier alpha value is -1.24. The van der Waals surface area contributed by atoms with Crippen LogP contribution in [0, 0.1) is 6.92 Å². The number of rotatable bonds is 3. The van der Waals surface area contributed by atoms with E-state index >= 15 is 0 Å². The van der Waals surface area contributed by atoms with Crippen molar-refractivity contribution in [2.75, 3.05) is 24.2 Å². The molecule has 0 aliphatic carbocycles. The van der Waals surface area contributed by atoms with Crippen molar-refractivity contribution in [1.82, 2.24) is 9.97 Å². The molecular formula is C10H16ClF3N4. The average molecular weight is 285 g/mol. The highest BCUT2D eigenvalue weighted by Crippen LogP contribution is 2.22. The molecule has 0 saturated carbocycles. The monoisotopic (exact) mass is 284 g/mol. The highest BCUT2D eigenvalue weighted by Gasteiger charge is 2.27. The molecule has 104 valence electrons. The zero-order valence-electron chi connectivity index (χ0n) is 10.6. The molecule has 0 spiro atoms. The normalized spacial score (nSPS) is 10.4. The number of halogens is 4. The fourth-order valence-corrected chi connectivity index (χ4v) is 1.16. The maximum atomic E-state index is 11.9. The largest absolute Gasteiger partial charge is 0.405 e. The van der Waals surface area contributed by atoms with Gasteiger partial charge in [-0.05, 0) is 6.92 Å². The Bertz CT molecular complexity index is 382. The van der Waals surface area contributed by atoms with Crippen molar-refractivity contribution in [2.24, 2.45) is 0 Å². The number of nitrogens with one attached hydrogen (secondary N) is 2. The lowest BCUT2D eigenvalue weighted by Gasteiger charge is -2.11. The van der Waals surface area contributed by atoms with E-state index in [4.69, 9.17) is 11.6 Å². The summed E-state index contributed by atoms with van der Waals surface area (Å²) in [6.07, 6.45) is -4.32. The van der Waals surface area contributed by atoms with Crippen molar-refractivity contribution in [3.05, 3.63) is 10.7 Å². The van der Waals surface area contributed by atoms with E-state index in [2.05, 4.69) is 20.6 Å². The second kappa shape index (κ2) is 7.25. The smallest absolute Gasteiger partial charge is 0.373 e. The van der Waals surface area contributed by atoms with Crippen LogP contribution in [-0.2, 0) is 0 Å². The Balaban J connectivity index is 0.00000137. The fourth-order valence-electron chi connectivity index (χ4n) is 0.991. The van der Waals surface area contributed by atoms with Gasteiger partial charge in [0.15, 0.2) is 0 Å². The maximum absolute atomic E-state index is 11.9. The van der Waals surface area contributed by atoms with Gasteiger partial charge in [-0.15, -0.1) is 0 Å². The maximum Gasteiger partial charge on any atom is 0.405 e. The summed E-state index contributed by atoms with van der Waals surface area (Å²) < 4.78 is 35.8. The molecule has 0 bridgehead atoms. The predicted molar refractivity (Wildman–Crippen MR) is 67.2 cm³/mol. The molecule has 0 unspecified atom stereocenters. The van der Waals surface area contributed by atoms with Crippen molar-refractivity contribution >= 4 is 23.4 Å². The number of alkyl halides is 3. The minimum absolute atomic E-state index is 0.115. The summed E-state index contributed by atoms with van der Waals surface area (Å²) in [6.45, 7) is 4.47. The van der Waals surface area contributed by atoms with Crippen LogP contribution in [0.3, 0.4) is 0 Å². The number of aromatic nitrogens is 2. The second-order valence-electron chi connectivity index (χ2n) is 3.03. The molecule has 0 aromatic carbocycles. The van der Waals surface area contributed by atoms with Gasteiger partial charge in [0.25, 0.3) is 0 Å². The Morgan fingerprint density at radius 3 is 2.22 bits per heavy atom. The molecule has 1 heterocycles. The van der Waals surface area contributed by atoms with E-state index in [1.54, 1.807) is 14.0 Å². The van der Waals surface area contributed by atoms with E-state index in [-0.39, 0.29) is 11.1 Å². The number of anilines is 2. The van der Waals surface area contributed by atoms with Crippen LogP contribution < -0.4 is 10.6 Å². The van der Waals surface area contributed by atoms with Gasteiger partial charge >= 0.3 is 6.18 Å². The Labute approximate surface area is 109 Å². The van der Waals surface area contributed by atoms with Gasteiger partial charge in [0, 0.05) is 12.6 Å². The molecule has 2 N–H and O–H groups in total. The topological polar surface area (TPSA) is 49.8 Å². The molecule has 1 rings (SSSR count). The van der Waals surface area contributed by atoms with E-state index < -0.39 is 12.7 Å². The molecular weight excluding hydrogens is 269 g/mol. The third-order valence-electron chi connectivity index (χ3n) is 1.77. The van der Waals surface area contributed by atoms with E-state index in [9.17, 15) is 13.2 Å². The predicted octanol–water partition coefficient (Wildman–Crippen LogP) is 3.48. The van der Waals surface area contributed by atoms with Crippen LogP contribution in [0.2, 0.25) is 5.15 Å². The van der Waals surface area contributed by atoms with Crippen LogP contribution in [0.4, 0.5) is 24.9 Å². The first-order chi connectivity index (χ1) is 8.33. The minimum atomic E-state index is -4.32. The van der Waals surface area contributed by atoms with Crippen LogP contribution in [0.25, 0.3) is 0 Å². The van der Waals surface area contributed by atoms with Crippen LogP contribution in [0.1, 0.15) is 19.4 Å². The van der Waals surface area contributed by atoms with Gasteiger partial charge in [0.2, 0.25) is 5.95 Å². The lowest BCUT2D eigenvalue weighted by atomic mass is 10.3. The third kappa shape index (κ3) is 5.39. The SMILES string of the molecule is CC.CNc1nc(NCC(F)(F)F)nc(Cl)c1C. The molecule has 8 heteroatoms. The van der Waals surface area contributed by atoms with Gasteiger partial charge in [-0.1, -0.05) is 25.4 Å². The van der Waals surface area contributed by atoms with Crippen LogP contribution in [-0.4, -0.2) is 29.7 Å². The average Bonchev–Trinajstić information content (AvgIpc) is 2.32. The molecule has 1 aromatic rings. The molecule has 0 aliphatic rings. The van der Waals surface area contributed by atoms with Gasteiger partial charge < -0.3 is 10.6 Å². The highest BCUT2D eigenvalue weighted by molar-refractivity contribution is 6.30. The Morgan fingerprint density at radius 2 is 1.78 bits per heavy atom. The molecule has 4 nitrogen and oxygen atoms in total. The van der Waals surface area contributed by atoms with Gasteiger partial charge in [-0.2, -0.15) is 18.2 Å². The highest BCUT2D eigenvalue weighted by atomic mass is 35.5. The Morgan fingerprint density at radius 1 is 1.22 bits per heavy atom. The standard InChI is InChI=1S/C8H10ClF3N4.C2H6/c1-4-5(9)15-7(16-6(4)13-2)14-3-8(10,11)12;1-2/h3H2,1-2H3,(H2,13,14,15,16);1-2H3. The van der Waals surface area contributed by atoms with Crippen molar-refractivity contribution in [1.29, 1.82) is 0 Å². The minimum Gasteiger partial charge on any atom is -0.373 e. The zero-order valence-corrected chi connectivity index (χ0v) is 11.4. The van der Waals surface area contributed by atoms with Gasteiger partial charge in [-0.25, -0.2) is 4.98 Å². The van der Waals surface area contributed by atoms with E-state index in [0.29, 0.717) is 11.4 Å². The zero-order chi connectivity index (χ0) is 14.3. The van der Waals surface area contributed by atoms with Crippen molar-refractivity contribution in [3.8, 4) is 0 Å². The molecule has 0 aliphatic heterocycles. The van der Waals surface area contributed by atoms with Gasteiger partial charge in [-0.3, -0.25) is 0 Å². The summed E-state index contributed by atoms with van der Waals surface area (Å²) in [5.74, 6) is 0.238. The Kier molecular flexibility index (Phi) is 6.75. The summed E-state index contributed by atoms with van der Waals surface area (Å²) >= 11 is 5.74. The first-order valence-electron chi connectivity index (χ1n) is 5.36. The van der Waals surface area contributed by atoms with Crippen molar-refractivity contribution in [2.45, 2.75) is 26.9 Å². The summed E-state index contributed by atoms with van der Waals surface area (Å²) in [4.78, 5) is 7.52. The van der Waals surface area contributed by atoms with Gasteiger partial charge in [0.05, 0.1) is 0 Å². The molecule has 1 aromatic heterocycles. The van der Waals surface area contributed by atoms with Crippen LogP contribution >= 0.6 is 11.6 Å². The molecule has 0 atom stereocenters. The van der Waals surface area contributed by atoms with E-state index in [0.717, 1.165) is 0 Å². The number of hydrogen-bond donors (Lipinski definition) is 2. The molecule has 18 heavy (non-hydrogen) atoms.